The zero-order valence-electron chi connectivity index (χ0n) is 9.36. The van der Waals surface area contributed by atoms with Crippen LogP contribution >= 0.6 is 0 Å². The van der Waals surface area contributed by atoms with Gasteiger partial charge in [0.25, 0.3) is 0 Å². The van der Waals surface area contributed by atoms with Crippen LogP contribution in [0.1, 0.15) is 46.0 Å². The number of carbonyl (C=O) groups is 1. The molecule has 0 aliphatic heterocycles. The summed E-state index contributed by atoms with van der Waals surface area (Å²) in [4.78, 5) is 11.9. The Balaban J connectivity index is 2.45. The fourth-order valence-electron chi connectivity index (χ4n) is 2.00. The second-order valence-corrected chi connectivity index (χ2v) is 4.76. The van der Waals surface area contributed by atoms with Gasteiger partial charge in [0.05, 0.1) is 0 Å². The Kier molecular flexibility index (Phi) is 3.73. The van der Waals surface area contributed by atoms with Crippen molar-refractivity contribution in [3.05, 3.63) is 12.2 Å². The van der Waals surface area contributed by atoms with Gasteiger partial charge >= 0.3 is 0 Å². The zero-order valence-corrected chi connectivity index (χ0v) is 9.36. The first-order valence-corrected chi connectivity index (χ1v) is 5.47. The summed E-state index contributed by atoms with van der Waals surface area (Å²) in [6, 6.07) is 0. The monoisotopic (exact) mass is 195 g/mol. The summed E-state index contributed by atoms with van der Waals surface area (Å²) in [5.74, 6) is 0.209. The van der Waals surface area contributed by atoms with E-state index in [1.54, 1.807) is 0 Å². The van der Waals surface area contributed by atoms with Crippen LogP contribution in [0.5, 0.6) is 0 Å². The summed E-state index contributed by atoms with van der Waals surface area (Å²) in [7, 11) is 0. The Morgan fingerprint density at radius 2 is 1.93 bits per heavy atom. The Labute approximate surface area is 86.8 Å². The molecule has 1 N–H and O–H groups in total. The van der Waals surface area contributed by atoms with Crippen molar-refractivity contribution in [1.82, 2.24) is 5.32 Å². The predicted octanol–water partition coefficient (Wildman–Crippen LogP) is 2.65. The lowest BCUT2D eigenvalue weighted by Crippen LogP contribution is -2.40. The van der Waals surface area contributed by atoms with Crippen LogP contribution < -0.4 is 5.32 Å². The number of nitrogens with one attached hydrogen (secondary N) is 1. The molecular weight excluding hydrogens is 174 g/mol. The number of amides is 1. The molecule has 0 saturated heterocycles. The molecule has 1 rings (SSSR count). The normalized spacial score (nSPS) is 20.1. The number of hydrogen-bond donors (Lipinski definition) is 1. The van der Waals surface area contributed by atoms with E-state index in [9.17, 15) is 4.79 Å². The number of hydrogen-bond acceptors (Lipinski definition) is 1. The van der Waals surface area contributed by atoms with E-state index in [2.05, 4.69) is 18.8 Å². The van der Waals surface area contributed by atoms with E-state index in [1.165, 1.54) is 19.3 Å². The van der Waals surface area contributed by atoms with Crippen LogP contribution in [0.3, 0.4) is 0 Å². The van der Waals surface area contributed by atoms with Crippen LogP contribution in [0.15, 0.2) is 12.2 Å². The molecule has 1 amide bonds. The van der Waals surface area contributed by atoms with Crippen LogP contribution in [-0.4, -0.2) is 12.5 Å². The fourth-order valence-corrected chi connectivity index (χ4v) is 2.00. The summed E-state index contributed by atoms with van der Waals surface area (Å²) >= 11 is 0. The van der Waals surface area contributed by atoms with Crippen molar-refractivity contribution < 1.29 is 4.79 Å². The molecule has 80 valence electrons. The Morgan fingerprint density at radius 1 is 1.36 bits per heavy atom. The molecule has 0 heterocycles. The molecule has 1 aliphatic rings. The second kappa shape index (κ2) is 4.63. The van der Waals surface area contributed by atoms with Crippen LogP contribution in [-0.2, 0) is 4.79 Å². The number of rotatable bonds is 3. The van der Waals surface area contributed by atoms with Gasteiger partial charge in [0.1, 0.15) is 0 Å². The highest BCUT2D eigenvalue weighted by Gasteiger charge is 2.33. The third-order valence-electron chi connectivity index (χ3n) is 3.06. The molecule has 0 bridgehead atoms. The van der Waals surface area contributed by atoms with E-state index in [0.717, 1.165) is 18.4 Å². The summed E-state index contributed by atoms with van der Waals surface area (Å²) in [5, 5.41) is 2.95. The molecule has 0 unspecified atom stereocenters. The van der Waals surface area contributed by atoms with E-state index >= 15 is 0 Å². The lowest BCUT2D eigenvalue weighted by atomic mass is 9.75. The van der Waals surface area contributed by atoms with Gasteiger partial charge in [-0.2, -0.15) is 0 Å². The minimum absolute atomic E-state index is 0.117. The fraction of sp³-hybridized carbons (Fsp3) is 0.750. The third kappa shape index (κ3) is 2.86. The molecule has 2 nitrogen and oxygen atoms in total. The average molecular weight is 195 g/mol. The first-order valence-electron chi connectivity index (χ1n) is 5.47. The molecule has 0 aromatic heterocycles. The van der Waals surface area contributed by atoms with Crippen molar-refractivity contribution in [3.63, 3.8) is 0 Å². The molecule has 1 fully saturated rings. The second-order valence-electron chi connectivity index (χ2n) is 4.76. The molecular formula is C12H21NO. The quantitative estimate of drug-likeness (QED) is 0.689. The highest BCUT2D eigenvalue weighted by atomic mass is 16.2. The van der Waals surface area contributed by atoms with Crippen molar-refractivity contribution in [2.24, 2.45) is 5.41 Å². The van der Waals surface area contributed by atoms with Crippen LogP contribution in [0.4, 0.5) is 0 Å². The maximum Gasteiger partial charge on any atom is 0.226 e. The first kappa shape index (κ1) is 11.3. The Morgan fingerprint density at radius 3 is 2.43 bits per heavy atom. The van der Waals surface area contributed by atoms with Gasteiger partial charge in [-0.3, -0.25) is 4.79 Å². The zero-order chi connectivity index (χ0) is 10.6. The van der Waals surface area contributed by atoms with E-state index in [0.29, 0.717) is 6.54 Å². The molecule has 0 aromatic rings. The highest BCUT2D eigenvalue weighted by molar-refractivity contribution is 5.82. The van der Waals surface area contributed by atoms with Crippen LogP contribution in [0.2, 0.25) is 0 Å². The third-order valence-corrected chi connectivity index (χ3v) is 3.06. The van der Waals surface area contributed by atoms with E-state index < -0.39 is 0 Å². The molecule has 0 atom stereocenters. The van der Waals surface area contributed by atoms with Crippen molar-refractivity contribution in [2.45, 2.75) is 46.0 Å². The summed E-state index contributed by atoms with van der Waals surface area (Å²) in [6.45, 7) is 8.42. The van der Waals surface area contributed by atoms with Crippen molar-refractivity contribution in [3.8, 4) is 0 Å². The topological polar surface area (TPSA) is 29.1 Å². The SMILES string of the molecule is C=C(C)CNC(=O)C1(C)CCCCC1. The standard InChI is InChI=1S/C12H21NO/c1-10(2)9-13-11(14)12(3)7-5-4-6-8-12/h1,4-9H2,2-3H3,(H,13,14). The molecule has 1 saturated carbocycles. The smallest absolute Gasteiger partial charge is 0.226 e. The maximum atomic E-state index is 11.9. The van der Waals surface area contributed by atoms with Gasteiger partial charge in [-0.15, -0.1) is 0 Å². The van der Waals surface area contributed by atoms with Gasteiger partial charge in [-0.05, 0) is 19.8 Å². The van der Waals surface area contributed by atoms with Gasteiger partial charge in [0, 0.05) is 12.0 Å². The van der Waals surface area contributed by atoms with Gasteiger partial charge in [-0.25, -0.2) is 0 Å². The molecule has 0 radical (unpaired) electrons. The highest BCUT2D eigenvalue weighted by Crippen LogP contribution is 2.35. The molecule has 1 aliphatic carbocycles. The van der Waals surface area contributed by atoms with Gasteiger partial charge < -0.3 is 5.32 Å². The Bertz CT molecular complexity index is 226. The van der Waals surface area contributed by atoms with Crippen LogP contribution in [0.25, 0.3) is 0 Å². The molecule has 2 heteroatoms. The van der Waals surface area contributed by atoms with Crippen molar-refractivity contribution in [1.29, 1.82) is 0 Å². The molecule has 0 spiro atoms. The molecule has 0 aromatic carbocycles. The van der Waals surface area contributed by atoms with E-state index in [1.807, 2.05) is 6.92 Å². The average Bonchev–Trinajstić information content (AvgIpc) is 2.15. The summed E-state index contributed by atoms with van der Waals surface area (Å²) in [6.07, 6.45) is 5.74. The Hall–Kier alpha value is -0.790. The number of carbonyl (C=O) groups excluding carboxylic acids is 1. The van der Waals surface area contributed by atoms with Gasteiger partial charge in [0.15, 0.2) is 0 Å². The van der Waals surface area contributed by atoms with Gasteiger partial charge in [-0.1, -0.05) is 38.3 Å². The van der Waals surface area contributed by atoms with E-state index in [4.69, 9.17) is 0 Å². The summed E-state index contributed by atoms with van der Waals surface area (Å²) in [5.41, 5.74) is 0.894. The molecule has 14 heavy (non-hydrogen) atoms. The maximum absolute atomic E-state index is 11.9. The first-order chi connectivity index (χ1) is 6.54. The minimum atomic E-state index is -0.117. The lowest BCUT2D eigenvalue weighted by molar-refractivity contribution is -0.131. The minimum Gasteiger partial charge on any atom is -0.352 e. The van der Waals surface area contributed by atoms with Crippen molar-refractivity contribution in [2.75, 3.05) is 6.54 Å². The van der Waals surface area contributed by atoms with Crippen LogP contribution in [0, 0.1) is 5.41 Å². The predicted molar refractivity (Wildman–Crippen MR) is 59.0 cm³/mol. The van der Waals surface area contributed by atoms with E-state index in [-0.39, 0.29) is 11.3 Å². The van der Waals surface area contributed by atoms with Gasteiger partial charge in [0.2, 0.25) is 5.91 Å². The largest absolute Gasteiger partial charge is 0.352 e. The van der Waals surface area contributed by atoms with Crippen molar-refractivity contribution >= 4 is 5.91 Å². The summed E-state index contributed by atoms with van der Waals surface area (Å²) < 4.78 is 0. The lowest BCUT2D eigenvalue weighted by Gasteiger charge is -2.32.